The van der Waals surface area contributed by atoms with Crippen molar-refractivity contribution in [1.29, 1.82) is 0 Å². The molecule has 2 atom stereocenters. The molecule has 0 radical (unpaired) electrons. The number of hydrogen-bond donors (Lipinski definition) is 0. The summed E-state index contributed by atoms with van der Waals surface area (Å²) in [5, 5.41) is 0. The maximum Gasteiger partial charge on any atom is 0.122 e. The molecule has 1 fully saturated rings. The molecule has 3 rings (SSSR count). The van der Waals surface area contributed by atoms with Gasteiger partial charge in [0.2, 0.25) is 0 Å². The zero-order valence-corrected chi connectivity index (χ0v) is 10.9. The van der Waals surface area contributed by atoms with Crippen molar-refractivity contribution in [3.63, 3.8) is 0 Å². The molecule has 2 unspecified atom stereocenters. The number of benzene rings is 2. The lowest BCUT2D eigenvalue weighted by molar-refractivity contribution is 0.409. The second-order valence-electron chi connectivity index (χ2n) is 5.28. The second-order valence-corrected chi connectivity index (χ2v) is 5.28. The molecule has 1 nitrogen and oxygen atoms in total. The smallest absolute Gasteiger partial charge is 0.122 e. The van der Waals surface area contributed by atoms with Gasteiger partial charge in [0, 0.05) is 5.41 Å². The maximum absolute atomic E-state index is 5.48. The Balaban J connectivity index is 1.94. The summed E-state index contributed by atoms with van der Waals surface area (Å²) in [6.07, 6.45) is 1.21. The highest BCUT2D eigenvalue weighted by molar-refractivity contribution is 5.47. The minimum atomic E-state index is 0.274. The van der Waals surface area contributed by atoms with Gasteiger partial charge < -0.3 is 4.74 Å². The summed E-state index contributed by atoms with van der Waals surface area (Å²) in [5.41, 5.74) is 3.04. The Morgan fingerprint density at radius 1 is 1.00 bits per heavy atom. The monoisotopic (exact) mass is 238 g/mol. The molecule has 2 aromatic carbocycles. The number of para-hydroxylation sites is 1. The Bertz CT molecular complexity index is 547. The largest absolute Gasteiger partial charge is 0.496 e. The molecule has 1 aliphatic rings. The van der Waals surface area contributed by atoms with E-state index in [2.05, 4.69) is 55.5 Å². The van der Waals surface area contributed by atoms with Crippen molar-refractivity contribution in [2.45, 2.75) is 24.7 Å². The molecule has 0 heterocycles. The highest BCUT2D eigenvalue weighted by atomic mass is 16.5. The molecule has 1 heteroatoms. The molecule has 18 heavy (non-hydrogen) atoms. The van der Waals surface area contributed by atoms with Crippen molar-refractivity contribution in [1.82, 2.24) is 0 Å². The van der Waals surface area contributed by atoms with Gasteiger partial charge in [0.1, 0.15) is 5.75 Å². The minimum absolute atomic E-state index is 0.274. The van der Waals surface area contributed by atoms with Gasteiger partial charge in [-0.05, 0) is 29.5 Å². The zero-order valence-electron chi connectivity index (χ0n) is 10.9. The van der Waals surface area contributed by atoms with Gasteiger partial charge in [0.15, 0.2) is 0 Å². The summed E-state index contributed by atoms with van der Waals surface area (Å²) in [7, 11) is 1.75. The van der Waals surface area contributed by atoms with E-state index in [4.69, 9.17) is 4.74 Å². The van der Waals surface area contributed by atoms with Gasteiger partial charge in [-0.1, -0.05) is 55.5 Å². The van der Waals surface area contributed by atoms with Crippen LogP contribution in [-0.2, 0) is 5.41 Å². The van der Waals surface area contributed by atoms with Gasteiger partial charge in [-0.15, -0.1) is 0 Å². The van der Waals surface area contributed by atoms with Gasteiger partial charge >= 0.3 is 0 Å². The summed E-state index contributed by atoms with van der Waals surface area (Å²) in [4.78, 5) is 0. The van der Waals surface area contributed by atoms with Crippen LogP contribution in [0.1, 0.15) is 30.4 Å². The molecule has 2 aromatic rings. The van der Waals surface area contributed by atoms with E-state index in [0.29, 0.717) is 5.92 Å². The number of hydrogen-bond acceptors (Lipinski definition) is 1. The molecule has 0 saturated heterocycles. The van der Waals surface area contributed by atoms with Crippen LogP contribution in [0.3, 0.4) is 0 Å². The lowest BCUT2D eigenvalue weighted by Gasteiger charge is -2.14. The Morgan fingerprint density at radius 2 is 1.67 bits per heavy atom. The molecular weight excluding hydrogens is 220 g/mol. The van der Waals surface area contributed by atoms with Gasteiger partial charge in [-0.2, -0.15) is 0 Å². The fourth-order valence-electron chi connectivity index (χ4n) is 2.91. The fourth-order valence-corrected chi connectivity index (χ4v) is 2.91. The SMILES string of the molecule is COc1ccccc1C1CC1(C)c1ccccc1. The van der Waals surface area contributed by atoms with Gasteiger partial charge in [-0.25, -0.2) is 0 Å². The third kappa shape index (κ3) is 1.71. The first kappa shape index (κ1) is 11.3. The zero-order chi connectivity index (χ0) is 12.6. The van der Waals surface area contributed by atoms with E-state index in [-0.39, 0.29) is 5.41 Å². The van der Waals surface area contributed by atoms with Crippen LogP contribution in [0.2, 0.25) is 0 Å². The Morgan fingerprint density at radius 3 is 2.39 bits per heavy atom. The maximum atomic E-state index is 5.48. The van der Waals surface area contributed by atoms with E-state index in [9.17, 15) is 0 Å². The predicted octanol–water partition coefficient (Wildman–Crippen LogP) is 4.14. The first-order valence-electron chi connectivity index (χ1n) is 6.44. The fraction of sp³-hybridized carbons (Fsp3) is 0.294. The number of rotatable bonds is 3. The van der Waals surface area contributed by atoms with E-state index in [0.717, 1.165) is 5.75 Å². The first-order valence-corrected chi connectivity index (χ1v) is 6.44. The molecule has 1 aliphatic carbocycles. The molecule has 0 aromatic heterocycles. The summed E-state index contributed by atoms with van der Waals surface area (Å²) in [5.74, 6) is 1.60. The van der Waals surface area contributed by atoms with Crippen LogP contribution < -0.4 is 4.74 Å². The number of ether oxygens (including phenoxy) is 1. The summed E-state index contributed by atoms with van der Waals surface area (Å²) in [6.45, 7) is 2.35. The normalized spacial score (nSPS) is 25.8. The van der Waals surface area contributed by atoms with Crippen molar-refractivity contribution in [2.24, 2.45) is 0 Å². The van der Waals surface area contributed by atoms with Crippen molar-refractivity contribution >= 4 is 0 Å². The van der Waals surface area contributed by atoms with Crippen LogP contribution in [0.4, 0.5) is 0 Å². The third-order valence-corrected chi connectivity index (χ3v) is 4.18. The van der Waals surface area contributed by atoms with Crippen LogP contribution in [0, 0.1) is 0 Å². The quantitative estimate of drug-likeness (QED) is 0.781. The van der Waals surface area contributed by atoms with Crippen LogP contribution >= 0.6 is 0 Å². The standard InChI is InChI=1S/C17H18O/c1-17(13-8-4-3-5-9-13)12-15(17)14-10-6-7-11-16(14)18-2/h3-11,15H,12H2,1-2H3. The summed E-state index contributed by atoms with van der Waals surface area (Å²) in [6, 6.07) is 19.2. The van der Waals surface area contributed by atoms with Crippen molar-refractivity contribution in [3.05, 3.63) is 65.7 Å². The Kier molecular flexibility index (Phi) is 2.62. The van der Waals surface area contributed by atoms with Crippen molar-refractivity contribution in [2.75, 3.05) is 7.11 Å². The molecule has 0 amide bonds. The van der Waals surface area contributed by atoms with Crippen LogP contribution in [-0.4, -0.2) is 7.11 Å². The highest BCUT2D eigenvalue weighted by Gasteiger charge is 2.52. The van der Waals surface area contributed by atoms with E-state index in [1.54, 1.807) is 7.11 Å². The number of methoxy groups -OCH3 is 1. The summed E-state index contributed by atoms with van der Waals surface area (Å²) < 4.78 is 5.48. The van der Waals surface area contributed by atoms with Gasteiger partial charge in [0.05, 0.1) is 7.11 Å². The van der Waals surface area contributed by atoms with Gasteiger partial charge in [-0.3, -0.25) is 0 Å². The molecule has 0 bridgehead atoms. The van der Waals surface area contributed by atoms with Crippen LogP contribution in [0.15, 0.2) is 54.6 Å². The Labute approximate surface area is 108 Å². The topological polar surface area (TPSA) is 9.23 Å². The van der Waals surface area contributed by atoms with E-state index in [1.165, 1.54) is 17.5 Å². The third-order valence-electron chi connectivity index (χ3n) is 4.18. The average Bonchev–Trinajstić information content (AvgIpc) is 3.13. The van der Waals surface area contributed by atoms with E-state index >= 15 is 0 Å². The van der Waals surface area contributed by atoms with Crippen molar-refractivity contribution in [3.8, 4) is 5.75 Å². The Hall–Kier alpha value is -1.76. The average molecular weight is 238 g/mol. The van der Waals surface area contributed by atoms with E-state index < -0.39 is 0 Å². The molecule has 0 spiro atoms. The molecule has 1 saturated carbocycles. The minimum Gasteiger partial charge on any atom is -0.496 e. The van der Waals surface area contributed by atoms with Crippen molar-refractivity contribution < 1.29 is 4.74 Å². The first-order chi connectivity index (χ1) is 8.75. The summed E-state index contributed by atoms with van der Waals surface area (Å²) >= 11 is 0. The molecule has 0 aliphatic heterocycles. The molecule has 92 valence electrons. The second kappa shape index (κ2) is 4.16. The lowest BCUT2D eigenvalue weighted by atomic mass is 9.92. The van der Waals surface area contributed by atoms with Crippen LogP contribution in [0.5, 0.6) is 5.75 Å². The molecule has 0 N–H and O–H groups in total. The highest BCUT2D eigenvalue weighted by Crippen LogP contribution is 2.61. The van der Waals surface area contributed by atoms with Crippen LogP contribution in [0.25, 0.3) is 0 Å². The molecular formula is C17H18O. The lowest BCUT2D eigenvalue weighted by Crippen LogP contribution is -2.04. The predicted molar refractivity (Wildman–Crippen MR) is 74.1 cm³/mol. The van der Waals surface area contributed by atoms with E-state index in [1.807, 2.05) is 6.07 Å². The van der Waals surface area contributed by atoms with Gasteiger partial charge in [0.25, 0.3) is 0 Å².